The molecule has 1 saturated heterocycles. The van der Waals surface area contributed by atoms with Crippen LogP contribution in [0.3, 0.4) is 0 Å². The van der Waals surface area contributed by atoms with Gasteiger partial charge in [0.1, 0.15) is 11.5 Å². The summed E-state index contributed by atoms with van der Waals surface area (Å²) in [6.45, 7) is 3.35. The van der Waals surface area contributed by atoms with Crippen LogP contribution in [0.15, 0.2) is 84.9 Å². The molecule has 1 fully saturated rings. The normalized spacial score (nSPS) is 13.5. The Morgan fingerprint density at radius 1 is 0.750 bits per heavy atom. The van der Waals surface area contributed by atoms with Crippen molar-refractivity contribution in [2.75, 3.05) is 37.6 Å². The summed E-state index contributed by atoms with van der Waals surface area (Å²) >= 11 is 0. The number of carbonyl (C=O) groups is 2. The quantitative estimate of drug-likeness (QED) is 0.618. The number of carbonyl (C=O) groups excluding carboxylic acids is 2. The molecule has 2 amide bonds. The minimum atomic E-state index is -0.196. The number of nitrogens with zero attached hydrogens (tertiary/aromatic N) is 2. The molecule has 3 aromatic rings. The van der Waals surface area contributed by atoms with Crippen molar-refractivity contribution in [1.29, 1.82) is 0 Å². The third kappa shape index (κ3) is 5.66. The molecule has 1 aliphatic heterocycles. The number of hydrogen-bond acceptors (Lipinski definition) is 4. The van der Waals surface area contributed by atoms with Gasteiger partial charge in [0.25, 0.3) is 5.91 Å². The van der Waals surface area contributed by atoms with E-state index in [2.05, 4.69) is 22.3 Å². The topological polar surface area (TPSA) is 61.9 Å². The van der Waals surface area contributed by atoms with Crippen molar-refractivity contribution >= 4 is 17.5 Å². The summed E-state index contributed by atoms with van der Waals surface area (Å²) in [6, 6.07) is 26.7. The molecule has 0 radical (unpaired) electrons. The van der Waals surface area contributed by atoms with E-state index in [4.69, 9.17) is 4.74 Å². The fourth-order valence-corrected chi connectivity index (χ4v) is 3.69. The highest BCUT2D eigenvalue weighted by molar-refractivity contribution is 5.94. The highest BCUT2D eigenvalue weighted by atomic mass is 16.5. The lowest BCUT2D eigenvalue weighted by atomic mass is 10.2. The lowest BCUT2D eigenvalue weighted by Crippen LogP contribution is -2.49. The summed E-state index contributed by atoms with van der Waals surface area (Å²) in [6.07, 6.45) is 0.298. The molecule has 4 rings (SSSR count). The molecule has 32 heavy (non-hydrogen) atoms. The van der Waals surface area contributed by atoms with Gasteiger partial charge in [0.15, 0.2) is 0 Å². The van der Waals surface area contributed by atoms with Crippen molar-refractivity contribution in [2.24, 2.45) is 0 Å². The van der Waals surface area contributed by atoms with Crippen LogP contribution < -0.4 is 15.0 Å². The zero-order valence-electron chi connectivity index (χ0n) is 17.9. The second-order valence-electron chi connectivity index (χ2n) is 7.65. The van der Waals surface area contributed by atoms with Crippen LogP contribution in [0.5, 0.6) is 11.5 Å². The van der Waals surface area contributed by atoms with Crippen LogP contribution in [-0.4, -0.2) is 49.4 Å². The molecule has 6 nitrogen and oxygen atoms in total. The Morgan fingerprint density at radius 3 is 2.00 bits per heavy atom. The number of para-hydroxylation sites is 2. The van der Waals surface area contributed by atoms with E-state index in [1.807, 2.05) is 53.4 Å². The minimum absolute atomic E-state index is 0.0737. The van der Waals surface area contributed by atoms with Crippen LogP contribution in [0.1, 0.15) is 16.8 Å². The molecule has 0 aromatic heterocycles. The molecule has 0 saturated carbocycles. The van der Waals surface area contributed by atoms with E-state index in [0.717, 1.165) is 18.8 Å². The van der Waals surface area contributed by atoms with Gasteiger partial charge in [-0.15, -0.1) is 0 Å². The maximum absolute atomic E-state index is 12.5. The van der Waals surface area contributed by atoms with Gasteiger partial charge in [-0.05, 0) is 48.5 Å². The smallest absolute Gasteiger partial charge is 0.251 e. The van der Waals surface area contributed by atoms with E-state index in [1.165, 1.54) is 5.69 Å². The number of anilines is 1. The van der Waals surface area contributed by atoms with E-state index in [-0.39, 0.29) is 11.8 Å². The van der Waals surface area contributed by atoms with Crippen molar-refractivity contribution in [3.63, 3.8) is 0 Å². The van der Waals surface area contributed by atoms with Gasteiger partial charge in [-0.1, -0.05) is 36.4 Å². The van der Waals surface area contributed by atoms with Crippen LogP contribution in [0.2, 0.25) is 0 Å². The number of amides is 2. The van der Waals surface area contributed by atoms with Gasteiger partial charge < -0.3 is 19.9 Å². The Balaban J connectivity index is 1.19. The number of nitrogens with one attached hydrogen (secondary N) is 1. The second kappa shape index (κ2) is 10.5. The Labute approximate surface area is 188 Å². The standard InChI is InChI=1S/C26H27N3O3/c30-25(29-19-17-28(18-20-29)22-7-3-1-4-8-22)15-16-27-26(31)21-11-13-24(14-12-21)32-23-9-5-2-6-10-23/h1-14H,15-20H2,(H,27,31). The molecule has 0 bridgehead atoms. The predicted molar refractivity (Wildman–Crippen MR) is 125 cm³/mol. The summed E-state index contributed by atoms with van der Waals surface area (Å²) in [7, 11) is 0. The van der Waals surface area contributed by atoms with Crippen molar-refractivity contribution in [3.8, 4) is 11.5 Å². The molecule has 3 aromatic carbocycles. The number of hydrogen-bond donors (Lipinski definition) is 1. The van der Waals surface area contributed by atoms with Crippen LogP contribution >= 0.6 is 0 Å². The third-order valence-electron chi connectivity index (χ3n) is 5.47. The van der Waals surface area contributed by atoms with Gasteiger partial charge in [0.05, 0.1) is 0 Å². The van der Waals surface area contributed by atoms with E-state index >= 15 is 0 Å². The number of rotatable bonds is 7. The molecular weight excluding hydrogens is 402 g/mol. The van der Waals surface area contributed by atoms with Gasteiger partial charge >= 0.3 is 0 Å². The fraction of sp³-hybridized carbons (Fsp3) is 0.231. The maximum atomic E-state index is 12.5. The zero-order chi connectivity index (χ0) is 22.2. The van der Waals surface area contributed by atoms with Crippen LogP contribution in [0.4, 0.5) is 5.69 Å². The minimum Gasteiger partial charge on any atom is -0.457 e. The van der Waals surface area contributed by atoms with Gasteiger partial charge in [-0.2, -0.15) is 0 Å². The zero-order valence-corrected chi connectivity index (χ0v) is 17.9. The first kappa shape index (κ1) is 21.4. The van der Waals surface area contributed by atoms with Crippen molar-refractivity contribution < 1.29 is 14.3 Å². The Bertz CT molecular complexity index is 1020. The van der Waals surface area contributed by atoms with Crippen LogP contribution in [0, 0.1) is 0 Å². The van der Waals surface area contributed by atoms with Gasteiger partial charge in [-0.3, -0.25) is 9.59 Å². The number of benzene rings is 3. The summed E-state index contributed by atoms with van der Waals surface area (Å²) in [4.78, 5) is 29.1. The first-order valence-electron chi connectivity index (χ1n) is 10.9. The average Bonchev–Trinajstić information content (AvgIpc) is 2.85. The molecule has 0 aliphatic carbocycles. The lowest BCUT2D eigenvalue weighted by molar-refractivity contribution is -0.131. The van der Waals surface area contributed by atoms with E-state index < -0.39 is 0 Å². The van der Waals surface area contributed by atoms with E-state index in [0.29, 0.717) is 37.4 Å². The summed E-state index contributed by atoms with van der Waals surface area (Å²) in [5, 5.41) is 2.84. The van der Waals surface area contributed by atoms with E-state index in [9.17, 15) is 9.59 Å². The fourth-order valence-electron chi connectivity index (χ4n) is 3.69. The average molecular weight is 430 g/mol. The second-order valence-corrected chi connectivity index (χ2v) is 7.65. The van der Waals surface area contributed by atoms with Gasteiger partial charge in [0.2, 0.25) is 5.91 Å². The number of ether oxygens (including phenoxy) is 1. The largest absolute Gasteiger partial charge is 0.457 e. The first-order valence-corrected chi connectivity index (χ1v) is 10.9. The Morgan fingerprint density at radius 2 is 1.34 bits per heavy atom. The molecule has 1 aliphatic rings. The molecule has 0 unspecified atom stereocenters. The molecule has 0 atom stereocenters. The summed E-state index contributed by atoms with van der Waals surface area (Å²) < 4.78 is 5.74. The van der Waals surface area contributed by atoms with Gasteiger partial charge in [-0.25, -0.2) is 0 Å². The Hall–Kier alpha value is -3.80. The third-order valence-corrected chi connectivity index (χ3v) is 5.47. The lowest BCUT2D eigenvalue weighted by Gasteiger charge is -2.36. The van der Waals surface area contributed by atoms with Crippen LogP contribution in [0.25, 0.3) is 0 Å². The molecular formula is C26H27N3O3. The van der Waals surface area contributed by atoms with Gasteiger partial charge in [0, 0.05) is 50.4 Å². The SMILES string of the molecule is O=C(NCCC(=O)N1CCN(c2ccccc2)CC1)c1ccc(Oc2ccccc2)cc1. The monoisotopic (exact) mass is 429 g/mol. The predicted octanol–water partition coefficient (Wildman–Crippen LogP) is 3.95. The van der Waals surface area contributed by atoms with Crippen molar-refractivity contribution in [3.05, 3.63) is 90.5 Å². The highest BCUT2D eigenvalue weighted by Crippen LogP contribution is 2.21. The molecule has 164 valence electrons. The molecule has 1 heterocycles. The first-order chi connectivity index (χ1) is 15.7. The molecule has 0 spiro atoms. The summed E-state index contributed by atoms with van der Waals surface area (Å²) in [5.41, 5.74) is 1.72. The Kier molecular flexibility index (Phi) is 7.02. The highest BCUT2D eigenvalue weighted by Gasteiger charge is 2.21. The molecule has 6 heteroatoms. The van der Waals surface area contributed by atoms with E-state index in [1.54, 1.807) is 24.3 Å². The number of piperazine rings is 1. The van der Waals surface area contributed by atoms with Crippen LogP contribution in [-0.2, 0) is 4.79 Å². The maximum Gasteiger partial charge on any atom is 0.251 e. The molecule has 1 N–H and O–H groups in total. The van der Waals surface area contributed by atoms with Crippen molar-refractivity contribution in [2.45, 2.75) is 6.42 Å². The van der Waals surface area contributed by atoms with Crippen molar-refractivity contribution in [1.82, 2.24) is 10.2 Å². The summed E-state index contributed by atoms with van der Waals surface area (Å²) in [5.74, 6) is 1.29.